The number of anilines is 1. The monoisotopic (exact) mass is 287 g/mol. The molecule has 21 heavy (non-hydrogen) atoms. The van der Waals surface area contributed by atoms with Crippen LogP contribution in [0.2, 0.25) is 0 Å². The molecule has 0 radical (unpaired) electrons. The maximum absolute atomic E-state index is 12.8. The van der Waals surface area contributed by atoms with Crippen molar-refractivity contribution >= 4 is 17.6 Å². The van der Waals surface area contributed by atoms with Crippen LogP contribution in [0.3, 0.4) is 0 Å². The molecule has 5 heteroatoms. The molecule has 1 amide bonds. The Morgan fingerprint density at radius 2 is 2.05 bits per heavy atom. The molecule has 2 saturated heterocycles. The van der Waals surface area contributed by atoms with Crippen LogP contribution < -0.4 is 4.90 Å². The molecule has 5 nitrogen and oxygen atoms in total. The SMILES string of the molecule is O=C(O)C1CN(C(=O)C2CC3CCC2O3)c2ccccc21. The van der Waals surface area contributed by atoms with Crippen LogP contribution in [-0.2, 0) is 14.3 Å². The van der Waals surface area contributed by atoms with Gasteiger partial charge in [-0.1, -0.05) is 18.2 Å². The number of hydrogen-bond donors (Lipinski definition) is 1. The van der Waals surface area contributed by atoms with Gasteiger partial charge in [0.25, 0.3) is 0 Å². The second-order valence-corrected chi connectivity index (χ2v) is 6.11. The summed E-state index contributed by atoms with van der Waals surface area (Å²) in [4.78, 5) is 25.9. The van der Waals surface area contributed by atoms with Crippen LogP contribution in [-0.4, -0.2) is 35.7 Å². The number of nitrogens with zero attached hydrogens (tertiary/aromatic N) is 1. The molecular weight excluding hydrogens is 270 g/mol. The van der Waals surface area contributed by atoms with E-state index >= 15 is 0 Å². The topological polar surface area (TPSA) is 66.8 Å². The first-order valence-electron chi connectivity index (χ1n) is 7.43. The van der Waals surface area contributed by atoms with E-state index in [0.29, 0.717) is 0 Å². The number of para-hydroxylation sites is 1. The number of carboxylic acid groups (broad SMARTS) is 1. The second-order valence-electron chi connectivity index (χ2n) is 6.11. The van der Waals surface area contributed by atoms with Crippen molar-refractivity contribution in [2.24, 2.45) is 5.92 Å². The van der Waals surface area contributed by atoms with Crippen molar-refractivity contribution in [1.82, 2.24) is 0 Å². The van der Waals surface area contributed by atoms with Crippen molar-refractivity contribution in [3.8, 4) is 0 Å². The van der Waals surface area contributed by atoms with Crippen LogP contribution in [0.5, 0.6) is 0 Å². The van der Waals surface area contributed by atoms with Crippen molar-refractivity contribution in [2.75, 3.05) is 11.4 Å². The molecule has 3 heterocycles. The number of aliphatic carboxylic acids is 1. The smallest absolute Gasteiger partial charge is 0.312 e. The third kappa shape index (κ3) is 1.87. The van der Waals surface area contributed by atoms with Gasteiger partial charge in [0.1, 0.15) is 5.92 Å². The number of benzene rings is 1. The summed E-state index contributed by atoms with van der Waals surface area (Å²) in [5, 5.41) is 9.37. The van der Waals surface area contributed by atoms with Gasteiger partial charge in [-0.15, -0.1) is 0 Å². The first kappa shape index (κ1) is 12.8. The van der Waals surface area contributed by atoms with E-state index < -0.39 is 11.9 Å². The molecule has 1 aromatic carbocycles. The summed E-state index contributed by atoms with van der Waals surface area (Å²) in [6.45, 7) is 0.237. The number of fused-ring (bicyclic) bond motifs is 3. The summed E-state index contributed by atoms with van der Waals surface area (Å²) in [7, 11) is 0. The van der Waals surface area contributed by atoms with Gasteiger partial charge in [0.2, 0.25) is 5.91 Å². The molecule has 0 saturated carbocycles. The summed E-state index contributed by atoms with van der Waals surface area (Å²) in [5.41, 5.74) is 1.49. The summed E-state index contributed by atoms with van der Waals surface area (Å²) < 4.78 is 5.76. The number of ether oxygens (including phenoxy) is 1. The maximum atomic E-state index is 12.8. The third-order valence-corrected chi connectivity index (χ3v) is 4.96. The lowest BCUT2D eigenvalue weighted by Gasteiger charge is -2.25. The molecule has 110 valence electrons. The highest BCUT2D eigenvalue weighted by molar-refractivity contribution is 6.00. The Morgan fingerprint density at radius 1 is 1.24 bits per heavy atom. The molecule has 4 atom stereocenters. The van der Waals surface area contributed by atoms with Crippen LogP contribution in [0, 0.1) is 5.92 Å². The minimum Gasteiger partial charge on any atom is -0.481 e. The Balaban J connectivity index is 1.64. The molecule has 0 spiro atoms. The lowest BCUT2D eigenvalue weighted by Crippen LogP contribution is -2.40. The van der Waals surface area contributed by atoms with Crippen LogP contribution in [0.4, 0.5) is 5.69 Å². The molecule has 2 fully saturated rings. The van der Waals surface area contributed by atoms with Gasteiger partial charge in [0, 0.05) is 12.2 Å². The van der Waals surface area contributed by atoms with Gasteiger partial charge in [-0.2, -0.15) is 0 Å². The summed E-state index contributed by atoms with van der Waals surface area (Å²) in [6.07, 6.45) is 3.01. The van der Waals surface area contributed by atoms with Gasteiger partial charge in [-0.3, -0.25) is 9.59 Å². The second kappa shape index (κ2) is 4.56. The largest absolute Gasteiger partial charge is 0.481 e. The van der Waals surface area contributed by atoms with Gasteiger partial charge in [-0.25, -0.2) is 0 Å². The van der Waals surface area contributed by atoms with E-state index in [1.807, 2.05) is 18.2 Å². The lowest BCUT2D eigenvalue weighted by molar-refractivity contribution is -0.138. The predicted octanol–water partition coefficient (Wildman–Crippen LogP) is 1.77. The van der Waals surface area contributed by atoms with Crippen molar-refractivity contribution in [1.29, 1.82) is 0 Å². The Bertz CT molecular complexity index is 614. The van der Waals surface area contributed by atoms with Gasteiger partial charge in [0.15, 0.2) is 0 Å². The molecule has 3 aliphatic rings. The van der Waals surface area contributed by atoms with Gasteiger partial charge in [0.05, 0.1) is 18.1 Å². The normalized spacial score (nSPS) is 33.2. The lowest BCUT2D eigenvalue weighted by atomic mass is 9.88. The molecule has 1 aromatic rings. The van der Waals surface area contributed by atoms with Crippen molar-refractivity contribution in [3.05, 3.63) is 29.8 Å². The van der Waals surface area contributed by atoms with Crippen molar-refractivity contribution in [3.63, 3.8) is 0 Å². The Hall–Kier alpha value is -1.88. The quantitative estimate of drug-likeness (QED) is 0.900. The molecule has 4 unspecified atom stereocenters. The fourth-order valence-electron chi connectivity index (χ4n) is 3.92. The number of amides is 1. The summed E-state index contributed by atoms with van der Waals surface area (Å²) >= 11 is 0. The standard InChI is InChI=1S/C16H17NO4/c18-15(11-7-9-5-6-14(11)21-9)17-8-12(16(19)20)10-3-1-2-4-13(10)17/h1-4,9,11-12,14H,5-8H2,(H,19,20). The van der Waals surface area contributed by atoms with Crippen LogP contribution in [0.15, 0.2) is 24.3 Å². The fraction of sp³-hybridized carbons (Fsp3) is 0.500. The molecular formula is C16H17NO4. The first-order chi connectivity index (χ1) is 10.1. The summed E-state index contributed by atoms with van der Waals surface area (Å²) in [5.74, 6) is -1.57. The minimum absolute atomic E-state index is 0.0263. The van der Waals surface area contributed by atoms with E-state index in [0.717, 1.165) is 30.5 Å². The van der Waals surface area contributed by atoms with Gasteiger partial charge < -0.3 is 14.7 Å². The van der Waals surface area contributed by atoms with Crippen molar-refractivity contribution < 1.29 is 19.4 Å². The average Bonchev–Trinajstić information content (AvgIpc) is 3.19. The molecule has 0 aromatic heterocycles. The Morgan fingerprint density at radius 3 is 2.71 bits per heavy atom. The number of carbonyl (C=O) groups is 2. The molecule has 3 aliphatic heterocycles. The fourth-order valence-corrected chi connectivity index (χ4v) is 3.92. The highest BCUT2D eigenvalue weighted by atomic mass is 16.5. The zero-order chi connectivity index (χ0) is 14.6. The summed E-state index contributed by atoms with van der Waals surface area (Å²) in [6, 6.07) is 7.31. The van der Waals surface area contributed by atoms with E-state index in [9.17, 15) is 14.7 Å². The molecule has 0 aliphatic carbocycles. The Labute approximate surface area is 122 Å². The van der Waals surface area contributed by atoms with Crippen molar-refractivity contribution in [2.45, 2.75) is 37.4 Å². The van der Waals surface area contributed by atoms with E-state index in [4.69, 9.17) is 4.74 Å². The zero-order valence-corrected chi connectivity index (χ0v) is 11.6. The number of carboxylic acids is 1. The van der Waals surface area contributed by atoms with E-state index in [2.05, 4.69) is 0 Å². The van der Waals surface area contributed by atoms with Crippen LogP contribution in [0.25, 0.3) is 0 Å². The van der Waals surface area contributed by atoms with E-state index in [1.165, 1.54) is 0 Å². The van der Waals surface area contributed by atoms with Crippen LogP contribution in [0.1, 0.15) is 30.7 Å². The average molecular weight is 287 g/mol. The highest BCUT2D eigenvalue weighted by Crippen LogP contribution is 2.43. The maximum Gasteiger partial charge on any atom is 0.312 e. The van der Waals surface area contributed by atoms with Gasteiger partial charge >= 0.3 is 5.97 Å². The van der Waals surface area contributed by atoms with E-state index in [1.54, 1.807) is 11.0 Å². The van der Waals surface area contributed by atoms with Gasteiger partial charge in [-0.05, 0) is 30.9 Å². The molecule has 2 bridgehead atoms. The highest BCUT2D eigenvalue weighted by Gasteiger charge is 2.48. The minimum atomic E-state index is -0.873. The third-order valence-electron chi connectivity index (χ3n) is 4.96. The first-order valence-corrected chi connectivity index (χ1v) is 7.43. The Kier molecular flexibility index (Phi) is 2.79. The zero-order valence-electron chi connectivity index (χ0n) is 11.6. The van der Waals surface area contributed by atoms with E-state index in [-0.39, 0.29) is 30.6 Å². The van der Waals surface area contributed by atoms with Crippen LogP contribution >= 0.6 is 0 Å². The predicted molar refractivity (Wildman–Crippen MR) is 75.2 cm³/mol. The number of rotatable bonds is 2. The number of carbonyl (C=O) groups excluding carboxylic acids is 1. The molecule has 1 N–H and O–H groups in total. The number of hydrogen-bond acceptors (Lipinski definition) is 3. The molecule has 4 rings (SSSR count).